The summed E-state index contributed by atoms with van der Waals surface area (Å²) in [5.41, 5.74) is 0.776. The van der Waals surface area contributed by atoms with Gasteiger partial charge in [0, 0.05) is 48.9 Å². The monoisotopic (exact) mass is 432 g/mol. The van der Waals surface area contributed by atoms with Crippen molar-refractivity contribution in [2.75, 3.05) is 31.1 Å². The molecule has 0 radical (unpaired) electrons. The summed E-state index contributed by atoms with van der Waals surface area (Å²) in [6.07, 6.45) is 3.69. The van der Waals surface area contributed by atoms with Gasteiger partial charge in [0.2, 0.25) is 5.13 Å². The van der Waals surface area contributed by atoms with Gasteiger partial charge in [0.05, 0.1) is 11.8 Å². The zero-order valence-corrected chi connectivity index (χ0v) is 16.6. The number of anilines is 1. The molecule has 1 amide bonds. The molecular formula is C19H18F2N6O2S. The van der Waals surface area contributed by atoms with Crippen LogP contribution in [0.5, 0.6) is 0 Å². The van der Waals surface area contributed by atoms with Crippen LogP contribution < -0.4 is 4.90 Å². The first-order valence-corrected chi connectivity index (χ1v) is 10.3. The van der Waals surface area contributed by atoms with Crippen molar-refractivity contribution >= 4 is 22.6 Å². The number of hydrogen-bond acceptors (Lipinski definition) is 6. The smallest absolute Gasteiger partial charge is 0.407 e. The Morgan fingerprint density at radius 1 is 1.13 bits per heavy atom. The fraction of sp³-hybridized carbons (Fsp3) is 0.368. The highest BCUT2D eigenvalue weighted by atomic mass is 32.1. The molecule has 3 aromatic rings. The molecule has 5 rings (SSSR count). The van der Waals surface area contributed by atoms with E-state index in [-0.39, 0.29) is 16.5 Å². The van der Waals surface area contributed by atoms with Gasteiger partial charge in [-0.1, -0.05) is 17.4 Å². The van der Waals surface area contributed by atoms with E-state index >= 15 is 0 Å². The Bertz CT molecular complexity index is 1090. The molecule has 2 saturated heterocycles. The number of aromatic nitrogens is 4. The summed E-state index contributed by atoms with van der Waals surface area (Å²) in [6, 6.07) is 3.01. The average Bonchev–Trinajstić information content (AvgIpc) is 3.40. The lowest BCUT2D eigenvalue weighted by molar-refractivity contribution is 0.0710. The maximum absolute atomic E-state index is 14.7. The van der Waals surface area contributed by atoms with E-state index in [9.17, 15) is 13.6 Å². The number of nitrogens with one attached hydrogen (secondary N) is 1. The van der Waals surface area contributed by atoms with Crippen molar-refractivity contribution in [2.45, 2.75) is 12.8 Å². The zero-order valence-electron chi connectivity index (χ0n) is 15.8. The minimum absolute atomic E-state index is 0.0773. The fourth-order valence-electron chi connectivity index (χ4n) is 4.18. The summed E-state index contributed by atoms with van der Waals surface area (Å²) in [5.74, 6) is -1.91. The molecule has 4 heterocycles. The number of hydrogen-bond donors (Lipinski definition) is 2. The number of carbonyl (C=O) groups is 1. The van der Waals surface area contributed by atoms with Crippen LogP contribution in [0.15, 0.2) is 24.5 Å². The third-order valence-corrected chi connectivity index (χ3v) is 6.97. The van der Waals surface area contributed by atoms with E-state index in [1.807, 2.05) is 0 Å². The van der Waals surface area contributed by atoms with E-state index in [4.69, 9.17) is 5.11 Å². The molecule has 1 aromatic carbocycles. The Labute approximate surface area is 174 Å². The van der Waals surface area contributed by atoms with Gasteiger partial charge < -0.3 is 14.9 Å². The first kappa shape index (κ1) is 18.9. The molecule has 11 heteroatoms. The van der Waals surface area contributed by atoms with Crippen molar-refractivity contribution in [2.24, 2.45) is 5.41 Å². The minimum atomic E-state index is -0.961. The third-order valence-electron chi connectivity index (χ3n) is 5.95. The van der Waals surface area contributed by atoms with Gasteiger partial charge in [-0.2, -0.15) is 5.10 Å². The molecule has 0 saturated carbocycles. The summed E-state index contributed by atoms with van der Waals surface area (Å²) in [7, 11) is 0. The van der Waals surface area contributed by atoms with Gasteiger partial charge in [-0.25, -0.2) is 13.6 Å². The van der Waals surface area contributed by atoms with E-state index in [1.54, 1.807) is 0 Å². The van der Waals surface area contributed by atoms with E-state index in [2.05, 4.69) is 25.3 Å². The maximum atomic E-state index is 14.7. The molecule has 1 spiro atoms. The number of nitrogens with zero attached hydrogens (tertiary/aromatic N) is 5. The zero-order chi connectivity index (χ0) is 20.9. The van der Waals surface area contributed by atoms with Crippen molar-refractivity contribution in [3.05, 3.63) is 36.2 Å². The number of H-pyrrole nitrogens is 1. The normalized spacial score (nSPS) is 17.9. The van der Waals surface area contributed by atoms with Crippen molar-refractivity contribution in [1.29, 1.82) is 0 Å². The highest BCUT2D eigenvalue weighted by Gasteiger charge is 2.46. The van der Waals surface area contributed by atoms with Crippen LogP contribution in [0, 0.1) is 17.0 Å². The topological polar surface area (TPSA) is 98.2 Å². The Balaban J connectivity index is 1.30. The molecular weight excluding hydrogens is 414 g/mol. The van der Waals surface area contributed by atoms with Gasteiger partial charge in [-0.15, -0.1) is 10.2 Å². The number of rotatable bonds is 3. The summed E-state index contributed by atoms with van der Waals surface area (Å²) >= 11 is 1.22. The van der Waals surface area contributed by atoms with Crippen molar-refractivity contribution in [1.82, 2.24) is 25.3 Å². The fourth-order valence-corrected chi connectivity index (χ4v) is 5.04. The van der Waals surface area contributed by atoms with Crippen LogP contribution in [0.3, 0.4) is 0 Å². The van der Waals surface area contributed by atoms with Crippen LogP contribution in [0.4, 0.5) is 18.7 Å². The molecule has 0 atom stereocenters. The number of aromatic amines is 1. The lowest BCUT2D eigenvalue weighted by atomic mass is 9.72. The van der Waals surface area contributed by atoms with Crippen molar-refractivity contribution < 1.29 is 18.7 Å². The molecule has 2 aliphatic rings. The molecule has 8 nitrogen and oxygen atoms in total. The number of carboxylic acid groups (broad SMARTS) is 1. The van der Waals surface area contributed by atoms with E-state index in [0.29, 0.717) is 28.8 Å². The predicted octanol–water partition coefficient (Wildman–Crippen LogP) is 3.45. The van der Waals surface area contributed by atoms with Gasteiger partial charge in [-0.05, 0) is 18.9 Å². The number of likely N-dealkylation sites (tertiary alicyclic amines) is 1. The molecule has 2 N–H and O–H groups in total. The summed E-state index contributed by atoms with van der Waals surface area (Å²) < 4.78 is 29.3. The Kier molecular flexibility index (Phi) is 4.42. The number of halogens is 2. The first-order chi connectivity index (χ1) is 14.5. The quantitative estimate of drug-likeness (QED) is 0.658. The van der Waals surface area contributed by atoms with Gasteiger partial charge in [0.25, 0.3) is 0 Å². The van der Waals surface area contributed by atoms with Crippen LogP contribution in [0.1, 0.15) is 12.8 Å². The highest BCUT2D eigenvalue weighted by molar-refractivity contribution is 7.18. The molecule has 2 aliphatic heterocycles. The van der Waals surface area contributed by atoms with Crippen molar-refractivity contribution in [3.8, 4) is 21.7 Å². The van der Waals surface area contributed by atoms with E-state index < -0.39 is 17.7 Å². The van der Waals surface area contributed by atoms with Gasteiger partial charge in [-0.3, -0.25) is 5.10 Å². The average molecular weight is 432 g/mol. The van der Waals surface area contributed by atoms with Crippen LogP contribution in [0.25, 0.3) is 21.7 Å². The molecule has 30 heavy (non-hydrogen) atoms. The SMILES string of the molecule is O=C(O)N1CCC2(CC1)CN(c1nnc(-c3ccc(-c4cn[nH]c4)c(F)c3F)s1)C2. The van der Waals surface area contributed by atoms with Crippen LogP contribution in [-0.2, 0) is 0 Å². The van der Waals surface area contributed by atoms with Crippen LogP contribution in [0.2, 0.25) is 0 Å². The molecule has 0 aliphatic carbocycles. The number of benzene rings is 1. The second-order valence-electron chi connectivity index (χ2n) is 7.79. The summed E-state index contributed by atoms with van der Waals surface area (Å²) in [5, 5.41) is 24.7. The van der Waals surface area contributed by atoms with Gasteiger partial charge in [0.1, 0.15) is 0 Å². The summed E-state index contributed by atoms with van der Waals surface area (Å²) in [4.78, 5) is 14.6. The standard InChI is InChI=1S/C19H18F2N6O2S/c20-14-12(11-7-22-23-8-11)1-2-13(15(14)21)16-24-25-17(30-16)27-9-19(10-27)3-5-26(6-4-19)18(28)29/h1-2,7-8H,3-6,9-10H2,(H,22,23)(H,28,29). The van der Waals surface area contributed by atoms with Gasteiger partial charge in [0.15, 0.2) is 16.6 Å². The molecule has 0 unspecified atom stereocenters. The maximum Gasteiger partial charge on any atom is 0.407 e. The van der Waals surface area contributed by atoms with Crippen molar-refractivity contribution in [3.63, 3.8) is 0 Å². The van der Waals surface area contributed by atoms with Crippen LogP contribution >= 0.6 is 11.3 Å². The van der Waals surface area contributed by atoms with Gasteiger partial charge >= 0.3 is 6.09 Å². The second-order valence-corrected chi connectivity index (χ2v) is 8.75. The van der Waals surface area contributed by atoms with E-state index in [0.717, 1.165) is 25.9 Å². The summed E-state index contributed by atoms with van der Waals surface area (Å²) in [6.45, 7) is 2.62. The molecule has 0 bridgehead atoms. The Morgan fingerprint density at radius 3 is 2.50 bits per heavy atom. The minimum Gasteiger partial charge on any atom is -0.465 e. The van der Waals surface area contributed by atoms with Crippen LogP contribution in [-0.4, -0.2) is 62.7 Å². The number of piperidine rings is 1. The lowest BCUT2D eigenvalue weighted by Crippen LogP contribution is -2.60. The Hall–Kier alpha value is -3.08. The first-order valence-electron chi connectivity index (χ1n) is 9.50. The third kappa shape index (κ3) is 3.09. The largest absolute Gasteiger partial charge is 0.465 e. The molecule has 2 aromatic heterocycles. The highest BCUT2D eigenvalue weighted by Crippen LogP contribution is 2.44. The Morgan fingerprint density at radius 2 is 1.83 bits per heavy atom. The number of amides is 1. The second kappa shape index (κ2) is 7.01. The predicted molar refractivity (Wildman–Crippen MR) is 106 cm³/mol. The molecule has 156 valence electrons. The molecule has 2 fully saturated rings. The lowest BCUT2D eigenvalue weighted by Gasteiger charge is -2.53. The van der Waals surface area contributed by atoms with E-state index in [1.165, 1.54) is 40.8 Å².